The molecule has 3 aliphatic heterocycles. The number of fused-ring (bicyclic) bond motifs is 2. The number of ether oxygens (including phenoxy) is 4. The molecule has 3 aromatic rings. The maximum Gasteiger partial charge on any atom is 0.320 e. The van der Waals surface area contributed by atoms with Crippen molar-refractivity contribution >= 4 is 81.8 Å². The quantitative estimate of drug-likeness (QED) is 0.0161. The van der Waals surface area contributed by atoms with Crippen LogP contribution in [0.25, 0.3) is 11.2 Å². The molecule has 30 heteroatoms. The van der Waals surface area contributed by atoms with E-state index in [4.69, 9.17) is 29.8 Å². The second-order valence-corrected chi connectivity index (χ2v) is 21.5. The number of carbonyl (C=O) groups is 6. The minimum atomic E-state index is -1.28. The Labute approximate surface area is 471 Å². The Kier molecular flexibility index (Phi) is 27.0. The fourth-order valence-electron chi connectivity index (χ4n) is 8.78. The Bertz CT molecular complexity index is 2530. The van der Waals surface area contributed by atoms with Crippen LogP contribution in [-0.2, 0) is 38.1 Å². The summed E-state index contributed by atoms with van der Waals surface area (Å²) in [4.78, 5) is 91.3. The summed E-state index contributed by atoms with van der Waals surface area (Å²) in [6.45, 7) is 3.79. The number of aliphatic carboxylic acids is 1. The Balaban J connectivity index is 0.822. The Morgan fingerprint density at radius 2 is 1.59 bits per heavy atom. The van der Waals surface area contributed by atoms with E-state index in [1.165, 1.54) is 48.2 Å². The predicted octanol–water partition coefficient (Wildman–Crippen LogP) is 0.499. The van der Waals surface area contributed by atoms with Gasteiger partial charge in [0.15, 0.2) is 34.0 Å². The summed E-state index contributed by atoms with van der Waals surface area (Å²) in [7, 11) is 1.48. The molecule has 28 nitrogen and oxygen atoms in total. The number of benzene rings is 1. The second kappa shape index (κ2) is 34.3. The van der Waals surface area contributed by atoms with Crippen LogP contribution >= 0.6 is 23.5 Å². The van der Waals surface area contributed by atoms with Crippen LogP contribution < -0.4 is 47.9 Å². The molecule has 5 heterocycles. The number of carbonyl (C=O) groups excluding carboxylic acids is 5. The molecule has 2 aromatic heterocycles. The molecule has 440 valence electrons. The maximum atomic E-state index is 13.4. The van der Waals surface area contributed by atoms with Crippen molar-refractivity contribution in [2.24, 2.45) is 16.0 Å². The van der Waals surface area contributed by atoms with Crippen molar-refractivity contribution in [3.63, 3.8) is 0 Å². The lowest BCUT2D eigenvalue weighted by atomic mass is 10.0. The van der Waals surface area contributed by atoms with Crippen LogP contribution in [-0.4, -0.2) is 208 Å². The molecule has 12 N–H and O–H groups in total. The van der Waals surface area contributed by atoms with Crippen molar-refractivity contribution < 1.29 is 63.0 Å². The molecular weight excluding hydrogens is 1080 g/mol. The number of imidazole rings is 1. The standard InChI is InChI=1S/C50H75N15O13S2/c1-52-64-63-32-12-10-31(11-13-32)46(70)60-34(47(71)56-18-7-20-76-22-24-77-23-21-75-19-6-17-53-38(66)9-3-2-8-37-40-35(27-80-37)61-50(74)62-40)26-39(67)54-15-4-5-16-55-44-41-45(58-29-57-44)65(30-59-41)48-43(69)42(68)36(78-48)28-79-25-14-33(51)49(72)73/h10-13,29-30,33-37,40,42-43,48,68-69H,2-9,14-28,51H2,1H3,(H7-,53,54,55,56,57,58,60,61,62,66,67,70,71,72,73,74)/p+1. The fraction of sp³-hybridized carbons (Fsp3) is 0.660. The number of nitrogens with two attached hydrogens (primary N) is 1. The number of urea groups is 1. The highest BCUT2D eigenvalue weighted by molar-refractivity contribution is 8.00. The van der Waals surface area contributed by atoms with Crippen LogP contribution in [0.1, 0.15) is 80.8 Å². The van der Waals surface area contributed by atoms with Crippen LogP contribution in [0, 0.1) is 0 Å². The van der Waals surface area contributed by atoms with Crippen molar-refractivity contribution in [1.82, 2.24) is 56.3 Å². The minimum absolute atomic E-state index is 0.0302. The molecule has 3 fully saturated rings. The Morgan fingerprint density at radius 1 is 0.887 bits per heavy atom. The number of carboxylic acids is 1. The van der Waals surface area contributed by atoms with Gasteiger partial charge in [0.25, 0.3) is 5.91 Å². The Hall–Kier alpha value is -6.08. The minimum Gasteiger partial charge on any atom is -0.480 e. The van der Waals surface area contributed by atoms with Gasteiger partial charge in [0.1, 0.15) is 42.8 Å². The molecule has 3 saturated heterocycles. The van der Waals surface area contributed by atoms with Crippen molar-refractivity contribution in [1.29, 1.82) is 0 Å². The first-order chi connectivity index (χ1) is 38.8. The van der Waals surface area contributed by atoms with E-state index < -0.39 is 60.3 Å². The number of carboxylic acid groups (broad SMARTS) is 1. The largest absolute Gasteiger partial charge is 0.480 e. The molecule has 3 aliphatic rings. The third kappa shape index (κ3) is 20.5. The molecule has 6 amide bonds. The zero-order valence-electron chi connectivity index (χ0n) is 44.9. The summed E-state index contributed by atoms with van der Waals surface area (Å²) in [6.07, 6.45) is 4.01. The van der Waals surface area contributed by atoms with Gasteiger partial charge in [0.2, 0.25) is 22.6 Å². The van der Waals surface area contributed by atoms with Crippen molar-refractivity contribution in [3.05, 3.63) is 42.5 Å². The first-order valence-electron chi connectivity index (χ1n) is 27.0. The van der Waals surface area contributed by atoms with Gasteiger partial charge in [-0.1, -0.05) is 6.42 Å². The maximum absolute atomic E-state index is 13.4. The highest BCUT2D eigenvalue weighted by atomic mass is 32.2. The van der Waals surface area contributed by atoms with Crippen LogP contribution in [0.3, 0.4) is 0 Å². The lowest BCUT2D eigenvalue weighted by molar-refractivity contribution is -0.138. The van der Waals surface area contributed by atoms with Gasteiger partial charge in [-0.05, 0) is 75.0 Å². The first kappa shape index (κ1) is 63.1. The van der Waals surface area contributed by atoms with Crippen LogP contribution in [0.2, 0.25) is 0 Å². The molecule has 0 spiro atoms. The Morgan fingerprint density at radius 3 is 2.33 bits per heavy atom. The van der Waals surface area contributed by atoms with Gasteiger partial charge in [-0.15, -0.1) is 0 Å². The summed E-state index contributed by atoms with van der Waals surface area (Å²) < 4.78 is 24.4. The molecule has 9 unspecified atom stereocenters. The molecule has 0 bridgehead atoms. The molecule has 0 radical (unpaired) electrons. The van der Waals surface area contributed by atoms with E-state index in [0.29, 0.717) is 124 Å². The first-order valence-corrected chi connectivity index (χ1v) is 29.2. The van der Waals surface area contributed by atoms with Gasteiger partial charge < -0.3 is 77.2 Å². The SMILES string of the molecule is CN=[N+]=Nc1ccc(C(=O)NC(CC(=O)NCCCCNc2ncnc3c2ncn3C2OC(CSCCC(N)C(=O)O)C(O)C2O)C(=O)NCCCOCCOCCOCCCNC(=O)CCCCC2SCC3NC(=O)NC32)cc1. The number of anilines is 1. The summed E-state index contributed by atoms with van der Waals surface area (Å²) in [5.74, 6) is -0.520. The third-order valence-corrected chi connectivity index (χ3v) is 15.7. The summed E-state index contributed by atoms with van der Waals surface area (Å²) in [6, 6.07) is 4.33. The number of hydrogen-bond donors (Lipinski definition) is 11. The van der Waals surface area contributed by atoms with E-state index in [0.717, 1.165) is 25.0 Å². The van der Waals surface area contributed by atoms with E-state index in [1.54, 1.807) is 12.1 Å². The van der Waals surface area contributed by atoms with E-state index in [2.05, 4.69) is 67.3 Å². The number of unbranched alkanes of at least 4 members (excludes halogenated alkanes) is 2. The molecule has 0 aliphatic carbocycles. The number of thioether (sulfide) groups is 2. The van der Waals surface area contributed by atoms with Crippen LogP contribution in [0.15, 0.2) is 47.1 Å². The molecule has 6 rings (SSSR count). The smallest absolute Gasteiger partial charge is 0.320 e. The van der Waals surface area contributed by atoms with Gasteiger partial charge in [0, 0.05) is 68.1 Å². The lowest BCUT2D eigenvalue weighted by Crippen LogP contribution is -2.49. The normalized spacial score (nSPS) is 20.9. The number of hydrogen-bond acceptors (Lipinski definition) is 21. The van der Waals surface area contributed by atoms with Crippen LogP contribution in [0.5, 0.6) is 0 Å². The zero-order valence-corrected chi connectivity index (χ0v) is 46.5. The van der Waals surface area contributed by atoms with Gasteiger partial charge in [-0.3, -0.25) is 28.5 Å². The average molecular weight is 1160 g/mol. The number of aliphatic hydroxyl groups excluding tert-OH is 2. The van der Waals surface area contributed by atoms with Crippen molar-refractivity contribution in [2.45, 2.75) is 118 Å². The molecular formula is C50H76N15O13S2+. The molecule has 9 atom stereocenters. The number of nitrogens with one attached hydrogen (secondary N) is 7. The molecule has 0 saturated carbocycles. The number of rotatable bonds is 38. The van der Waals surface area contributed by atoms with Crippen molar-refractivity contribution in [2.75, 3.05) is 95.4 Å². The molecule has 1 aromatic carbocycles. The highest BCUT2D eigenvalue weighted by Crippen LogP contribution is 2.35. The van der Waals surface area contributed by atoms with Gasteiger partial charge >= 0.3 is 12.0 Å². The average Bonchev–Trinajstić information content (AvgIpc) is 4.23. The zero-order chi connectivity index (χ0) is 57.1. The van der Waals surface area contributed by atoms with Gasteiger partial charge in [0.05, 0.1) is 57.4 Å². The van der Waals surface area contributed by atoms with E-state index in [1.807, 2.05) is 11.8 Å². The number of aliphatic hydroxyl groups is 2. The summed E-state index contributed by atoms with van der Waals surface area (Å²) >= 11 is 3.24. The number of aromatic nitrogens is 4. The van der Waals surface area contributed by atoms with E-state index in [-0.39, 0.29) is 55.5 Å². The number of nitrogens with zero attached hydrogens (tertiary/aromatic N) is 7. The van der Waals surface area contributed by atoms with Crippen molar-refractivity contribution in [3.8, 4) is 0 Å². The summed E-state index contributed by atoms with van der Waals surface area (Å²) in [5.41, 5.74) is 7.07. The highest BCUT2D eigenvalue weighted by Gasteiger charge is 2.45. The summed E-state index contributed by atoms with van der Waals surface area (Å²) in [5, 5.41) is 58.9. The third-order valence-electron chi connectivity index (χ3n) is 13.1. The molecule has 80 heavy (non-hydrogen) atoms. The lowest BCUT2D eigenvalue weighted by Gasteiger charge is -2.18. The fourth-order valence-corrected chi connectivity index (χ4v) is 11.4. The van der Waals surface area contributed by atoms with Crippen LogP contribution in [0.4, 0.5) is 16.3 Å². The monoisotopic (exact) mass is 1160 g/mol. The number of amides is 6. The topological polar surface area (TPSA) is 393 Å². The second-order valence-electron chi connectivity index (χ2n) is 19.1. The van der Waals surface area contributed by atoms with Gasteiger partial charge in [-0.25, -0.2) is 19.7 Å². The van der Waals surface area contributed by atoms with Gasteiger partial charge in [-0.2, -0.15) is 23.5 Å². The van der Waals surface area contributed by atoms with E-state index in [9.17, 15) is 39.0 Å². The van der Waals surface area contributed by atoms with E-state index >= 15 is 0 Å². The predicted molar refractivity (Wildman–Crippen MR) is 296 cm³/mol.